The smallest absolute Gasteiger partial charge is 0.327 e. The molecule has 0 aliphatic carbocycles. The van der Waals surface area contributed by atoms with Crippen LogP contribution in [0.2, 0.25) is 0 Å². The maximum atomic E-state index is 12.1. The van der Waals surface area contributed by atoms with Crippen molar-refractivity contribution in [1.29, 1.82) is 5.26 Å². The van der Waals surface area contributed by atoms with Crippen LogP contribution in [-0.2, 0) is 9.53 Å². The van der Waals surface area contributed by atoms with Crippen molar-refractivity contribution in [1.82, 2.24) is 9.80 Å². The first-order valence-corrected chi connectivity index (χ1v) is 6.66. The van der Waals surface area contributed by atoms with E-state index in [0.717, 1.165) is 31.7 Å². The summed E-state index contributed by atoms with van der Waals surface area (Å²) in [5.74, 6) is -0.273. The molecule has 1 fully saturated rings. The van der Waals surface area contributed by atoms with Gasteiger partial charge in [0.05, 0.1) is 18.7 Å². The van der Waals surface area contributed by atoms with E-state index in [1.54, 1.807) is 18.2 Å². The largest absolute Gasteiger partial charge is 0.468 e. The van der Waals surface area contributed by atoms with E-state index in [0.29, 0.717) is 5.56 Å². The lowest BCUT2D eigenvalue weighted by atomic mass is 10.0. The van der Waals surface area contributed by atoms with Crippen LogP contribution < -0.4 is 0 Å². The number of methoxy groups -OCH3 is 1. The van der Waals surface area contributed by atoms with Crippen LogP contribution in [0.1, 0.15) is 17.2 Å². The summed E-state index contributed by atoms with van der Waals surface area (Å²) in [7, 11) is 3.47. The number of carbonyl (C=O) groups is 1. The number of esters is 1. The Bertz CT molecular complexity index is 516. The molecule has 0 saturated carbocycles. The number of nitriles is 1. The molecule has 0 unspecified atom stereocenters. The van der Waals surface area contributed by atoms with Crippen LogP contribution in [0.4, 0.5) is 0 Å². The topological polar surface area (TPSA) is 56.6 Å². The van der Waals surface area contributed by atoms with E-state index in [9.17, 15) is 4.79 Å². The van der Waals surface area contributed by atoms with E-state index in [1.807, 2.05) is 6.07 Å². The normalized spacial score (nSPS) is 18.2. The minimum atomic E-state index is -0.429. The molecule has 1 aromatic rings. The van der Waals surface area contributed by atoms with Crippen molar-refractivity contribution in [2.24, 2.45) is 0 Å². The van der Waals surface area contributed by atoms with Crippen molar-refractivity contribution in [3.63, 3.8) is 0 Å². The zero-order valence-corrected chi connectivity index (χ0v) is 11.9. The maximum Gasteiger partial charge on any atom is 0.327 e. The molecule has 0 bridgehead atoms. The number of rotatable bonds is 3. The lowest BCUT2D eigenvalue weighted by Gasteiger charge is -2.36. The molecular weight excluding hydrogens is 254 g/mol. The highest BCUT2D eigenvalue weighted by molar-refractivity contribution is 5.77. The molecule has 1 saturated heterocycles. The van der Waals surface area contributed by atoms with Gasteiger partial charge >= 0.3 is 5.97 Å². The summed E-state index contributed by atoms with van der Waals surface area (Å²) in [4.78, 5) is 16.5. The number of piperazine rings is 1. The zero-order valence-electron chi connectivity index (χ0n) is 11.9. The molecule has 0 amide bonds. The quantitative estimate of drug-likeness (QED) is 0.770. The van der Waals surface area contributed by atoms with Crippen LogP contribution in [-0.4, -0.2) is 56.1 Å². The van der Waals surface area contributed by atoms with Crippen LogP contribution in [0, 0.1) is 11.3 Å². The van der Waals surface area contributed by atoms with E-state index in [1.165, 1.54) is 7.11 Å². The molecule has 0 aromatic heterocycles. The van der Waals surface area contributed by atoms with Crippen molar-refractivity contribution in [2.75, 3.05) is 40.3 Å². The van der Waals surface area contributed by atoms with Gasteiger partial charge < -0.3 is 9.64 Å². The van der Waals surface area contributed by atoms with Gasteiger partial charge in [-0.3, -0.25) is 4.90 Å². The third kappa shape index (κ3) is 3.16. The number of nitrogens with zero attached hydrogens (tertiary/aromatic N) is 3. The van der Waals surface area contributed by atoms with Crippen molar-refractivity contribution in [3.8, 4) is 6.07 Å². The van der Waals surface area contributed by atoms with Gasteiger partial charge in [0.15, 0.2) is 0 Å². The number of likely N-dealkylation sites (N-methyl/N-ethyl adjacent to an activating group) is 1. The Hall–Kier alpha value is -1.90. The highest BCUT2D eigenvalue weighted by Crippen LogP contribution is 2.24. The summed E-state index contributed by atoms with van der Waals surface area (Å²) in [6.45, 7) is 3.47. The van der Waals surface area contributed by atoms with Gasteiger partial charge in [-0.25, -0.2) is 4.79 Å². The van der Waals surface area contributed by atoms with Gasteiger partial charge in [-0.15, -0.1) is 0 Å². The highest BCUT2D eigenvalue weighted by atomic mass is 16.5. The Balaban J connectivity index is 2.27. The second kappa shape index (κ2) is 6.51. The lowest BCUT2D eigenvalue weighted by Crippen LogP contribution is -2.48. The Morgan fingerprint density at radius 3 is 2.65 bits per heavy atom. The highest BCUT2D eigenvalue weighted by Gasteiger charge is 2.30. The third-order valence-electron chi connectivity index (χ3n) is 3.66. The number of hydrogen-bond acceptors (Lipinski definition) is 5. The summed E-state index contributed by atoms with van der Waals surface area (Å²) < 4.78 is 4.94. The van der Waals surface area contributed by atoms with Gasteiger partial charge in [0.2, 0.25) is 0 Å². The molecule has 0 spiro atoms. The number of ether oxygens (including phenoxy) is 1. The zero-order chi connectivity index (χ0) is 14.5. The summed E-state index contributed by atoms with van der Waals surface area (Å²) in [5, 5.41) is 9.00. The molecule has 1 aliphatic rings. The van der Waals surface area contributed by atoms with E-state index >= 15 is 0 Å². The molecule has 1 atom stereocenters. The van der Waals surface area contributed by atoms with Gasteiger partial charge in [-0.05, 0) is 24.7 Å². The van der Waals surface area contributed by atoms with E-state index < -0.39 is 6.04 Å². The average molecular weight is 273 g/mol. The summed E-state index contributed by atoms with van der Waals surface area (Å²) in [5.41, 5.74) is 1.38. The molecular formula is C15H19N3O2. The fraction of sp³-hybridized carbons (Fsp3) is 0.467. The summed E-state index contributed by atoms with van der Waals surface area (Å²) >= 11 is 0. The van der Waals surface area contributed by atoms with Crippen molar-refractivity contribution in [3.05, 3.63) is 35.4 Å². The Morgan fingerprint density at radius 2 is 2.05 bits per heavy atom. The van der Waals surface area contributed by atoms with E-state index in [-0.39, 0.29) is 5.97 Å². The number of benzene rings is 1. The van der Waals surface area contributed by atoms with Gasteiger partial charge in [0.25, 0.3) is 0 Å². The van der Waals surface area contributed by atoms with E-state index in [4.69, 9.17) is 10.00 Å². The summed E-state index contributed by atoms with van der Waals surface area (Å²) in [6, 6.07) is 8.86. The Morgan fingerprint density at radius 1 is 1.35 bits per heavy atom. The maximum absolute atomic E-state index is 12.1. The van der Waals surface area contributed by atoms with Gasteiger partial charge in [0.1, 0.15) is 6.04 Å². The average Bonchev–Trinajstić information content (AvgIpc) is 2.49. The lowest BCUT2D eigenvalue weighted by molar-refractivity contribution is -0.148. The van der Waals surface area contributed by atoms with Crippen molar-refractivity contribution in [2.45, 2.75) is 6.04 Å². The van der Waals surface area contributed by atoms with Gasteiger partial charge in [-0.2, -0.15) is 5.26 Å². The molecule has 20 heavy (non-hydrogen) atoms. The van der Waals surface area contributed by atoms with Crippen molar-refractivity contribution >= 4 is 5.97 Å². The summed E-state index contributed by atoms with van der Waals surface area (Å²) in [6.07, 6.45) is 0. The van der Waals surface area contributed by atoms with Crippen molar-refractivity contribution < 1.29 is 9.53 Å². The minimum absolute atomic E-state index is 0.273. The van der Waals surface area contributed by atoms with Gasteiger partial charge in [0, 0.05) is 26.2 Å². The van der Waals surface area contributed by atoms with Crippen LogP contribution in [0.25, 0.3) is 0 Å². The third-order valence-corrected chi connectivity index (χ3v) is 3.66. The monoisotopic (exact) mass is 273 g/mol. The molecule has 5 nitrogen and oxygen atoms in total. The predicted molar refractivity (Wildman–Crippen MR) is 75.0 cm³/mol. The fourth-order valence-corrected chi connectivity index (χ4v) is 2.47. The standard InChI is InChI=1S/C15H19N3O2/c1-17-6-8-18(9-7-17)14(15(19)20-2)13-5-3-4-12(10-13)11-16/h3-5,10,14H,6-9H2,1-2H3/t14-/m1/s1. The molecule has 0 radical (unpaired) electrons. The Kier molecular flexibility index (Phi) is 4.72. The van der Waals surface area contributed by atoms with Crippen LogP contribution in [0.5, 0.6) is 0 Å². The van der Waals surface area contributed by atoms with Crippen LogP contribution in [0.3, 0.4) is 0 Å². The molecule has 1 aliphatic heterocycles. The molecule has 106 valence electrons. The first-order chi connectivity index (χ1) is 9.65. The first kappa shape index (κ1) is 14.5. The van der Waals surface area contributed by atoms with E-state index in [2.05, 4.69) is 22.9 Å². The molecule has 5 heteroatoms. The van der Waals surface area contributed by atoms with Crippen LogP contribution >= 0.6 is 0 Å². The second-order valence-corrected chi connectivity index (χ2v) is 5.00. The number of carbonyl (C=O) groups excluding carboxylic acids is 1. The first-order valence-electron chi connectivity index (χ1n) is 6.66. The molecule has 2 rings (SSSR count). The molecule has 1 aromatic carbocycles. The Labute approximate surface area is 119 Å². The minimum Gasteiger partial charge on any atom is -0.468 e. The van der Waals surface area contributed by atoms with Gasteiger partial charge in [-0.1, -0.05) is 12.1 Å². The molecule has 0 N–H and O–H groups in total. The van der Waals surface area contributed by atoms with Crippen LogP contribution in [0.15, 0.2) is 24.3 Å². The fourth-order valence-electron chi connectivity index (χ4n) is 2.47. The second-order valence-electron chi connectivity index (χ2n) is 5.00. The SMILES string of the molecule is COC(=O)[C@@H](c1cccc(C#N)c1)N1CCN(C)CC1. The molecule has 1 heterocycles. The predicted octanol–water partition coefficient (Wildman–Crippen LogP) is 1.02. The number of hydrogen-bond donors (Lipinski definition) is 0.